The van der Waals surface area contributed by atoms with Gasteiger partial charge in [-0.15, -0.1) is 0 Å². The second-order valence-corrected chi connectivity index (χ2v) is 5.79. The summed E-state index contributed by atoms with van der Waals surface area (Å²) >= 11 is 0. The van der Waals surface area contributed by atoms with E-state index in [1.165, 1.54) is 24.3 Å². The zero-order valence-electron chi connectivity index (χ0n) is 9.83. The molecule has 0 saturated carbocycles. The molecule has 0 atom stereocenters. The van der Waals surface area contributed by atoms with Gasteiger partial charge in [0.25, 0.3) is 0 Å². The first-order valence-electron chi connectivity index (χ1n) is 5.47. The van der Waals surface area contributed by atoms with Crippen LogP contribution in [-0.4, -0.2) is 20.2 Å². The van der Waals surface area contributed by atoms with E-state index in [1.54, 1.807) is 24.3 Å². The molecule has 0 heterocycles. The van der Waals surface area contributed by atoms with Crippen LogP contribution in [0.25, 0.3) is 0 Å². The molecule has 0 fully saturated rings. The van der Waals surface area contributed by atoms with Gasteiger partial charge in [0.05, 0.1) is 10.9 Å². The highest BCUT2D eigenvalue weighted by molar-refractivity contribution is 7.89. The van der Waals surface area contributed by atoms with Gasteiger partial charge in [0.2, 0.25) is 10.0 Å². The second-order valence-electron chi connectivity index (χ2n) is 4.08. The third-order valence-corrected chi connectivity index (χ3v) is 4.03. The van der Waals surface area contributed by atoms with Crippen molar-refractivity contribution in [1.82, 2.24) is 4.72 Å². The van der Waals surface area contributed by atoms with Crippen LogP contribution in [-0.2, 0) is 14.8 Å². The number of carbonyl (C=O) groups excluding carboxylic acids is 1. The molecular formula is C13H13NO3S. The molecule has 0 aliphatic heterocycles. The number of allylic oxidation sites excluding steroid dienone is 2. The Kier molecular flexibility index (Phi) is 3.45. The SMILES string of the molecule is Cc1ccc(S(=O)(=O)NC2C=CC(=O)C=C2)cc1. The Bertz CT molecular complexity index is 596. The van der Waals surface area contributed by atoms with Gasteiger partial charge < -0.3 is 0 Å². The van der Waals surface area contributed by atoms with Gasteiger partial charge in [-0.1, -0.05) is 29.8 Å². The number of benzene rings is 1. The van der Waals surface area contributed by atoms with E-state index in [2.05, 4.69) is 4.72 Å². The molecule has 0 bridgehead atoms. The second kappa shape index (κ2) is 4.88. The Morgan fingerprint density at radius 2 is 1.61 bits per heavy atom. The summed E-state index contributed by atoms with van der Waals surface area (Å²) in [4.78, 5) is 11.1. The summed E-state index contributed by atoms with van der Waals surface area (Å²) in [6.45, 7) is 1.89. The van der Waals surface area contributed by atoms with Gasteiger partial charge in [-0.2, -0.15) is 0 Å². The topological polar surface area (TPSA) is 63.2 Å². The van der Waals surface area contributed by atoms with Gasteiger partial charge in [-0.05, 0) is 31.2 Å². The molecule has 1 aliphatic carbocycles. The first-order valence-corrected chi connectivity index (χ1v) is 6.95. The van der Waals surface area contributed by atoms with Crippen molar-refractivity contribution in [1.29, 1.82) is 0 Å². The summed E-state index contributed by atoms with van der Waals surface area (Å²) in [5.41, 5.74) is 0.997. The molecule has 0 aromatic heterocycles. The van der Waals surface area contributed by atoms with E-state index in [1.807, 2.05) is 6.92 Å². The minimum Gasteiger partial charge on any atom is -0.290 e. The molecule has 0 radical (unpaired) electrons. The average Bonchev–Trinajstić information content (AvgIpc) is 2.32. The van der Waals surface area contributed by atoms with Crippen LogP contribution in [0.5, 0.6) is 0 Å². The highest BCUT2D eigenvalue weighted by Crippen LogP contribution is 2.11. The lowest BCUT2D eigenvalue weighted by Gasteiger charge is -2.13. The lowest BCUT2D eigenvalue weighted by Crippen LogP contribution is -2.33. The van der Waals surface area contributed by atoms with Crippen molar-refractivity contribution in [2.45, 2.75) is 17.9 Å². The first-order chi connectivity index (χ1) is 8.47. The van der Waals surface area contributed by atoms with E-state index in [-0.39, 0.29) is 10.7 Å². The van der Waals surface area contributed by atoms with Crippen LogP contribution in [0.1, 0.15) is 5.56 Å². The summed E-state index contributed by atoms with van der Waals surface area (Å²) in [5.74, 6) is -0.138. The van der Waals surface area contributed by atoms with Crippen LogP contribution >= 0.6 is 0 Å². The fourth-order valence-corrected chi connectivity index (χ4v) is 2.71. The van der Waals surface area contributed by atoms with Crippen LogP contribution < -0.4 is 4.72 Å². The van der Waals surface area contributed by atoms with Crippen LogP contribution in [0, 0.1) is 6.92 Å². The lowest BCUT2D eigenvalue weighted by atomic mass is 10.1. The predicted molar refractivity (Wildman–Crippen MR) is 68.6 cm³/mol. The Morgan fingerprint density at radius 1 is 1.06 bits per heavy atom. The van der Waals surface area contributed by atoms with Crippen LogP contribution in [0.2, 0.25) is 0 Å². The molecule has 18 heavy (non-hydrogen) atoms. The fraction of sp³-hybridized carbons (Fsp3) is 0.154. The van der Waals surface area contributed by atoms with Gasteiger partial charge in [0.1, 0.15) is 0 Å². The number of rotatable bonds is 3. The van der Waals surface area contributed by atoms with Crippen molar-refractivity contribution >= 4 is 15.8 Å². The predicted octanol–water partition coefficient (Wildman–Crippen LogP) is 1.34. The number of ketones is 1. The lowest BCUT2D eigenvalue weighted by molar-refractivity contribution is -0.110. The van der Waals surface area contributed by atoms with Gasteiger partial charge in [-0.3, -0.25) is 4.79 Å². The summed E-state index contributed by atoms with van der Waals surface area (Å²) in [6, 6.07) is 6.11. The number of sulfonamides is 1. The average molecular weight is 263 g/mol. The minimum atomic E-state index is -3.56. The number of carbonyl (C=O) groups is 1. The summed E-state index contributed by atoms with van der Waals surface area (Å²) in [5, 5.41) is 0. The standard InChI is InChI=1S/C13H13NO3S/c1-10-2-8-13(9-3-10)18(16,17)14-11-4-6-12(15)7-5-11/h2-9,11,14H,1H3. The van der Waals surface area contributed by atoms with Crippen molar-refractivity contribution in [2.75, 3.05) is 0 Å². The van der Waals surface area contributed by atoms with Crippen molar-refractivity contribution < 1.29 is 13.2 Å². The molecule has 0 amide bonds. The zero-order valence-corrected chi connectivity index (χ0v) is 10.6. The Hall–Kier alpha value is -1.72. The smallest absolute Gasteiger partial charge is 0.241 e. The summed E-state index contributed by atoms with van der Waals surface area (Å²) < 4.78 is 26.6. The number of nitrogens with one attached hydrogen (secondary N) is 1. The third-order valence-electron chi connectivity index (χ3n) is 2.56. The van der Waals surface area contributed by atoms with Crippen LogP contribution in [0.4, 0.5) is 0 Å². The minimum absolute atomic E-state index is 0.138. The molecule has 4 nitrogen and oxygen atoms in total. The monoisotopic (exact) mass is 263 g/mol. The van der Waals surface area contributed by atoms with Crippen molar-refractivity contribution in [2.24, 2.45) is 0 Å². The van der Waals surface area contributed by atoms with Crippen molar-refractivity contribution in [3.8, 4) is 0 Å². The van der Waals surface area contributed by atoms with Crippen LogP contribution in [0.15, 0.2) is 53.5 Å². The largest absolute Gasteiger partial charge is 0.290 e. The Labute approximate surface area is 106 Å². The van der Waals surface area contributed by atoms with E-state index in [0.29, 0.717) is 0 Å². The zero-order chi connectivity index (χ0) is 13.2. The van der Waals surface area contributed by atoms with Gasteiger partial charge in [0.15, 0.2) is 5.78 Å². The molecule has 1 aromatic carbocycles. The van der Waals surface area contributed by atoms with E-state index < -0.39 is 16.1 Å². The Morgan fingerprint density at radius 3 is 2.17 bits per heavy atom. The molecule has 0 saturated heterocycles. The quantitative estimate of drug-likeness (QED) is 0.895. The highest BCUT2D eigenvalue weighted by Gasteiger charge is 2.18. The molecule has 1 N–H and O–H groups in total. The molecular weight excluding hydrogens is 250 g/mol. The van der Waals surface area contributed by atoms with Crippen molar-refractivity contribution in [3.05, 3.63) is 54.1 Å². The number of aryl methyl sites for hydroxylation is 1. The third kappa shape index (κ3) is 2.94. The maximum absolute atomic E-state index is 12.0. The summed E-state index contributed by atoms with van der Waals surface area (Å²) in [6.07, 6.45) is 5.74. The van der Waals surface area contributed by atoms with Gasteiger partial charge in [-0.25, -0.2) is 13.1 Å². The summed E-state index contributed by atoms with van der Waals surface area (Å²) in [7, 11) is -3.56. The van der Waals surface area contributed by atoms with Crippen LogP contribution in [0.3, 0.4) is 0 Å². The van der Waals surface area contributed by atoms with E-state index in [9.17, 15) is 13.2 Å². The van der Waals surface area contributed by atoms with E-state index in [4.69, 9.17) is 0 Å². The van der Waals surface area contributed by atoms with E-state index in [0.717, 1.165) is 5.56 Å². The molecule has 94 valence electrons. The number of hydrogen-bond acceptors (Lipinski definition) is 3. The van der Waals surface area contributed by atoms with E-state index >= 15 is 0 Å². The maximum atomic E-state index is 12.0. The first kappa shape index (κ1) is 12.7. The molecule has 0 unspecified atom stereocenters. The Balaban J connectivity index is 2.18. The van der Waals surface area contributed by atoms with Crippen molar-refractivity contribution in [3.63, 3.8) is 0 Å². The molecule has 1 aromatic rings. The fourth-order valence-electron chi connectivity index (χ4n) is 1.56. The van der Waals surface area contributed by atoms with Gasteiger partial charge in [0, 0.05) is 0 Å². The molecule has 2 rings (SSSR count). The molecule has 5 heteroatoms. The molecule has 0 spiro atoms. The highest BCUT2D eigenvalue weighted by atomic mass is 32.2. The molecule has 1 aliphatic rings. The normalized spacial score (nSPS) is 16.2. The maximum Gasteiger partial charge on any atom is 0.241 e. The van der Waals surface area contributed by atoms with Gasteiger partial charge >= 0.3 is 0 Å². The number of hydrogen-bond donors (Lipinski definition) is 1.